The maximum Gasteiger partial charge on any atom is 0.0595 e. The number of hydrogen-bond acceptors (Lipinski definition) is 1. The minimum Gasteiger partial charge on any atom is -0.313 e. The second-order valence-electron chi connectivity index (χ2n) is 5.75. The second-order valence-corrected chi connectivity index (χ2v) is 6.98. The molecule has 0 aliphatic rings. The van der Waals surface area contributed by atoms with Gasteiger partial charge in [0.1, 0.15) is 0 Å². The largest absolute Gasteiger partial charge is 0.313 e. The zero-order valence-electron chi connectivity index (χ0n) is 13.4. The van der Waals surface area contributed by atoms with E-state index >= 15 is 0 Å². The molecule has 120 valence electrons. The predicted octanol–water partition coefficient (Wildman–Crippen LogP) is 6.89. The van der Waals surface area contributed by atoms with Crippen molar-refractivity contribution in [3.63, 3.8) is 0 Å². The molecule has 0 radical (unpaired) electrons. The van der Waals surface area contributed by atoms with Crippen LogP contribution in [0.4, 0.5) is 0 Å². The molecule has 0 amide bonds. The monoisotopic (exact) mass is 373 g/mol. The number of nitrogens with one attached hydrogen (secondary N) is 1. The van der Waals surface area contributed by atoms with E-state index in [-0.39, 0.29) is 0 Å². The van der Waals surface area contributed by atoms with Crippen molar-refractivity contribution in [2.75, 3.05) is 7.05 Å². The molecule has 1 rings (SSSR count). The Hall–Kier alpha value is -0.0500. The average molecular weight is 375 g/mol. The normalized spacial score (nSPS) is 12.6. The highest BCUT2D eigenvalue weighted by Gasteiger charge is 2.13. The van der Waals surface area contributed by atoms with Crippen molar-refractivity contribution in [2.45, 2.75) is 70.8 Å². The fourth-order valence-electron chi connectivity index (χ4n) is 2.73. The Bertz CT molecular complexity index is 395. The Labute approximate surface area is 144 Å². The van der Waals surface area contributed by atoms with Crippen LogP contribution in [0.15, 0.2) is 22.7 Å². The van der Waals surface area contributed by atoms with Crippen LogP contribution in [0, 0.1) is 0 Å². The fraction of sp³-hybridized carbons (Fsp3) is 0.667. The van der Waals surface area contributed by atoms with E-state index in [0.717, 1.165) is 15.9 Å². The van der Waals surface area contributed by atoms with E-state index < -0.39 is 0 Å². The van der Waals surface area contributed by atoms with Crippen LogP contribution in [-0.2, 0) is 0 Å². The Morgan fingerprint density at radius 3 is 2.29 bits per heavy atom. The molecule has 0 heterocycles. The van der Waals surface area contributed by atoms with Gasteiger partial charge in [0.2, 0.25) is 0 Å². The summed E-state index contributed by atoms with van der Waals surface area (Å²) in [6, 6.07) is 6.53. The third kappa shape index (κ3) is 7.17. The van der Waals surface area contributed by atoms with Gasteiger partial charge in [-0.1, -0.05) is 82.0 Å². The number of unbranched alkanes of at least 4 members (excludes halogenated alkanes) is 7. The summed E-state index contributed by atoms with van der Waals surface area (Å²) in [7, 11) is 2.02. The summed E-state index contributed by atoms with van der Waals surface area (Å²) in [5.41, 5.74) is 1.21. The molecular weight excluding hydrogens is 346 g/mol. The molecule has 0 saturated carbocycles. The summed E-state index contributed by atoms with van der Waals surface area (Å²) in [5, 5.41) is 4.24. The zero-order valence-corrected chi connectivity index (χ0v) is 15.8. The molecule has 1 atom stereocenters. The first-order chi connectivity index (χ1) is 10.2. The summed E-state index contributed by atoms with van der Waals surface area (Å²) < 4.78 is 0.984. The number of halogens is 2. The van der Waals surface area contributed by atoms with Crippen molar-refractivity contribution >= 4 is 27.5 Å². The Balaban J connectivity index is 2.27. The van der Waals surface area contributed by atoms with Crippen molar-refractivity contribution in [1.29, 1.82) is 0 Å². The van der Waals surface area contributed by atoms with Gasteiger partial charge in [0.25, 0.3) is 0 Å². The number of hydrogen-bond donors (Lipinski definition) is 1. The zero-order chi connectivity index (χ0) is 15.5. The van der Waals surface area contributed by atoms with Crippen LogP contribution in [0.2, 0.25) is 5.02 Å². The van der Waals surface area contributed by atoms with Crippen molar-refractivity contribution in [1.82, 2.24) is 5.32 Å². The van der Waals surface area contributed by atoms with Crippen LogP contribution in [0.1, 0.15) is 76.3 Å². The van der Waals surface area contributed by atoms with Crippen LogP contribution < -0.4 is 5.32 Å². The van der Waals surface area contributed by atoms with Crippen LogP contribution in [0.25, 0.3) is 0 Å². The lowest BCUT2D eigenvalue weighted by molar-refractivity contribution is 0.494. The lowest BCUT2D eigenvalue weighted by atomic mass is 9.99. The third-order valence-corrected chi connectivity index (χ3v) is 5.36. The summed E-state index contributed by atoms with van der Waals surface area (Å²) in [5.74, 6) is 0. The van der Waals surface area contributed by atoms with Crippen molar-refractivity contribution in [3.8, 4) is 0 Å². The van der Waals surface area contributed by atoms with E-state index in [2.05, 4.69) is 40.3 Å². The molecule has 0 aliphatic carbocycles. The summed E-state index contributed by atoms with van der Waals surface area (Å²) in [4.78, 5) is 0. The molecule has 1 aromatic rings. The Morgan fingerprint density at radius 2 is 1.67 bits per heavy atom. The molecule has 1 unspecified atom stereocenters. The van der Waals surface area contributed by atoms with Crippen molar-refractivity contribution in [3.05, 3.63) is 33.3 Å². The minimum absolute atomic E-state index is 0.357. The first-order valence-corrected chi connectivity index (χ1v) is 9.49. The van der Waals surface area contributed by atoms with Gasteiger partial charge in [-0.05, 0) is 41.0 Å². The molecule has 0 bridgehead atoms. The topological polar surface area (TPSA) is 12.0 Å². The van der Waals surface area contributed by atoms with Gasteiger partial charge < -0.3 is 5.32 Å². The van der Waals surface area contributed by atoms with E-state index in [1.165, 1.54) is 56.9 Å². The van der Waals surface area contributed by atoms with E-state index in [9.17, 15) is 0 Å². The van der Waals surface area contributed by atoms with Gasteiger partial charge in [0.05, 0.1) is 5.02 Å². The highest BCUT2D eigenvalue weighted by atomic mass is 79.9. The third-order valence-electron chi connectivity index (χ3n) is 4.05. The molecule has 21 heavy (non-hydrogen) atoms. The van der Waals surface area contributed by atoms with E-state index in [1.807, 2.05) is 13.1 Å². The molecule has 1 N–H and O–H groups in total. The SMILES string of the molecule is CCCCCCCCCCC(NC)c1cccc(Br)c1Cl. The van der Waals surface area contributed by atoms with Gasteiger partial charge in [-0.3, -0.25) is 0 Å². The van der Waals surface area contributed by atoms with E-state index in [4.69, 9.17) is 11.6 Å². The molecule has 0 fully saturated rings. The summed E-state index contributed by atoms with van der Waals surface area (Å²) in [6.45, 7) is 2.27. The molecule has 0 spiro atoms. The van der Waals surface area contributed by atoms with E-state index in [0.29, 0.717) is 6.04 Å². The first kappa shape index (κ1) is 19.0. The number of rotatable bonds is 11. The lowest BCUT2D eigenvalue weighted by Gasteiger charge is -2.18. The minimum atomic E-state index is 0.357. The number of benzene rings is 1. The fourth-order valence-corrected chi connectivity index (χ4v) is 3.37. The van der Waals surface area contributed by atoms with Crippen molar-refractivity contribution in [2.24, 2.45) is 0 Å². The average Bonchev–Trinajstić information content (AvgIpc) is 2.49. The summed E-state index contributed by atoms with van der Waals surface area (Å²) in [6.07, 6.45) is 12.0. The highest BCUT2D eigenvalue weighted by molar-refractivity contribution is 9.10. The molecule has 0 aromatic heterocycles. The highest BCUT2D eigenvalue weighted by Crippen LogP contribution is 2.32. The maximum atomic E-state index is 6.39. The summed E-state index contributed by atoms with van der Waals surface area (Å²) >= 11 is 9.90. The lowest BCUT2D eigenvalue weighted by Crippen LogP contribution is -2.16. The Kier molecular flexibility index (Phi) is 10.4. The van der Waals surface area contributed by atoms with Crippen LogP contribution >= 0.6 is 27.5 Å². The van der Waals surface area contributed by atoms with Gasteiger partial charge in [-0.25, -0.2) is 0 Å². The molecule has 0 saturated heterocycles. The van der Waals surface area contributed by atoms with Gasteiger partial charge in [-0.2, -0.15) is 0 Å². The van der Waals surface area contributed by atoms with Gasteiger partial charge >= 0.3 is 0 Å². The van der Waals surface area contributed by atoms with Gasteiger partial charge in [0, 0.05) is 10.5 Å². The standard InChI is InChI=1S/C18H29BrClN/c1-3-4-5-6-7-8-9-10-14-17(21-2)15-12-11-13-16(19)18(15)20/h11-13,17,21H,3-10,14H2,1-2H3. The molecular formula is C18H29BrClN. The second kappa shape index (κ2) is 11.5. The van der Waals surface area contributed by atoms with Crippen LogP contribution in [-0.4, -0.2) is 7.05 Å². The first-order valence-electron chi connectivity index (χ1n) is 8.31. The predicted molar refractivity (Wildman–Crippen MR) is 98.2 cm³/mol. The molecule has 1 aromatic carbocycles. The molecule has 0 aliphatic heterocycles. The van der Waals surface area contributed by atoms with Crippen LogP contribution in [0.5, 0.6) is 0 Å². The van der Waals surface area contributed by atoms with Gasteiger partial charge in [0.15, 0.2) is 0 Å². The van der Waals surface area contributed by atoms with Gasteiger partial charge in [-0.15, -0.1) is 0 Å². The quantitative estimate of drug-likeness (QED) is 0.416. The molecule has 3 heteroatoms. The van der Waals surface area contributed by atoms with Crippen molar-refractivity contribution < 1.29 is 0 Å². The van der Waals surface area contributed by atoms with E-state index in [1.54, 1.807) is 0 Å². The van der Waals surface area contributed by atoms with Crippen LogP contribution in [0.3, 0.4) is 0 Å². The maximum absolute atomic E-state index is 6.39. The Morgan fingerprint density at radius 1 is 1.05 bits per heavy atom. The molecule has 1 nitrogen and oxygen atoms in total. The smallest absolute Gasteiger partial charge is 0.0595 e.